The van der Waals surface area contributed by atoms with Gasteiger partial charge in [0.15, 0.2) is 0 Å². The summed E-state index contributed by atoms with van der Waals surface area (Å²) < 4.78 is 1.85. The van der Waals surface area contributed by atoms with E-state index in [0.717, 1.165) is 23.5 Å². The monoisotopic (exact) mass is 379 g/mol. The number of rotatable bonds is 4. The molecule has 0 fully saturated rings. The van der Waals surface area contributed by atoms with Crippen LogP contribution in [0.15, 0.2) is 59.8 Å². The quantitative estimate of drug-likeness (QED) is 0.725. The van der Waals surface area contributed by atoms with Crippen LogP contribution in [0, 0.1) is 6.92 Å². The average Bonchev–Trinajstić information content (AvgIpc) is 3.08. The van der Waals surface area contributed by atoms with Gasteiger partial charge < -0.3 is 10.7 Å². The summed E-state index contributed by atoms with van der Waals surface area (Å²) in [5, 5.41) is 11.7. The number of aromatic nitrogens is 3. The van der Waals surface area contributed by atoms with E-state index in [2.05, 4.69) is 27.9 Å². The van der Waals surface area contributed by atoms with Crippen molar-refractivity contribution in [1.82, 2.24) is 14.9 Å². The van der Waals surface area contributed by atoms with Gasteiger partial charge in [0.1, 0.15) is 11.1 Å². The molecule has 2 atom stereocenters. The number of nitrogens with one attached hydrogen (secondary N) is 2. The highest BCUT2D eigenvalue weighted by molar-refractivity contribution is 8.00. The molecule has 3 aromatic rings. The van der Waals surface area contributed by atoms with Gasteiger partial charge >= 0.3 is 0 Å². The van der Waals surface area contributed by atoms with Crippen molar-refractivity contribution in [2.45, 2.75) is 36.7 Å². The van der Waals surface area contributed by atoms with Crippen LogP contribution in [0.2, 0.25) is 0 Å². The van der Waals surface area contributed by atoms with Gasteiger partial charge in [0.25, 0.3) is 0 Å². The van der Waals surface area contributed by atoms with Crippen molar-refractivity contribution in [2.24, 2.45) is 0 Å². The maximum atomic E-state index is 13.1. The Labute approximate surface area is 162 Å². The lowest BCUT2D eigenvalue weighted by molar-refractivity contribution is -0.116. The van der Waals surface area contributed by atoms with Crippen molar-refractivity contribution >= 4 is 23.4 Å². The number of anilines is 1. The average molecular weight is 379 g/mol. The molecular weight excluding hydrogens is 358 g/mol. The predicted molar refractivity (Wildman–Crippen MR) is 107 cm³/mol. The largest absolute Gasteiger partial charge is 0.325 e. The smallest absolute Gasteiger partial charge is 0.240 e. The van der Waals surface area contributed by atoms with Crippen LogP contribution in [0.25, 0.3) is 0 Å². The van der Waals surface area contributed by atoms with Crippen molar-refractivity contribution in [1.29, 1.82) is 0 Å². The van der Waals surface area contributed by atoms with Crippen molar-refractivity contribution in [2.75, 3.05) is 10.7 Å². The number of hydrogen-bond acceptors (Lipinski definition) is 5. The van der Waals surface area contributed by atoms with Crippen LogP contribution in [0.5, 0.6) is 0 Å². The fraction of sp³-hybridized carbons (Fsp3) is 0.250. The van der Waals surface area contributed by atoms with Crippen LogP contribution in [-0.2, 0) is 11.2 Å². The molecule has 0 unspecified atom stereocenters. The highest BCUT2D eigenvalue weighted by Crippen LogP contribution is 2.37. The molecule has 0 spiro atoms. The van der Waals surface area contributed by atoms with Gasteiger partial charge in [-0.3, -0.25) is 4.79 Å². The summed E-state index contributed by atoms with van der Waals surface area (Å²) in [5.74, 6) is 0.713. The fourth-order valence-corrected chi connectivity index (χ4v) is 4.23. The third-order valence-electron chi connectivity index (χ3n) is 4.65. The zero-order valence-corrected chi connectivity index (χ0v) is 16.0. The van der Waals surface area contributed by atoms with E-state index < -0.39 is 0 Å². The molecule has 1 amide bonds. The van der Waals surface area contributed by atoms with Crippen molar-refractivity contribution in [3.05, 3.63) is 71.5 Å². The summed E-state index contributed by atoms with van der Waals surface area (Å²) in [6, 6.07) is 17.8. The van der Waals surface area contributed by atoms with E-state index in [-0.39, 0.29) is 17.2 Å². The minimum absolute atomic E-state index is 0.0579. The number of thioether (sulfide) groups is 1. The van der Waals surface area contributed by atoms with Gasteiger partial charge in [0.2, 0.25) is 11.1 Å². The topological polar surface area (TPSA) is 71.8 Å². The normalized spacial score (nSPS) is 18.4. The van der Waals surface area contributed by atoms with Gasteiger partial charge in [-0.1, -0.05) is 61.2 Å². The molecule has 1 aliphatic heterocycles. The first kappa shape index (κ1) is 17.6. The van der Waals surface area contributed by atoms with Gasteiger partial charge in [-0.15, -0.1) is 10.2 Å². The van der Waals surface area contributed by atoms with E-state index in [1.165, 1.54) is 17.3 Å². The highest BCUT2D eigenvalue weighted by atomic mass is 32.2. The van der Waals surface area contributed by atoms with Gasteiger partial charge in [0, 0.05) is 5.69 Å². The fourth-order valence-electron chi connectivity index (χ4n) is 3.11. The Balaban J connectivity index is 1.62. The van der Waals surface area contributed by atoms with Crippen LogP contribution in [0.1, 0.15) is 29.9 Å². The number of hydrogen-bond donors (Lipinski definition) is 2. The number of carbonyl (C=O) groups excluding carboxylic acids is 1. The molecule has 0 radical (unpaired) electrons. The Morgan fingerprint density at radius 3 is 2.59 bits per heavy atom. The molecule has 1 aliphatic rings. The van der Waals surface area contributed by atoms with E-state index in [4.69, 9.17) is 0 Å². The maximum Gasteiger partial charge on any atom is 0.240 e. The first-order chi connectivity index (χ1) is 13.2. The highest BCUT2D eigenvalue weighted by Gasteiger charge is 2.37. The van der Waals surface area contributed by atoms with E-state index >= 15 is 0 Å². The lowest BCUT2D eigenvalue weighted by Crippen LogP contribution is -2.41. The second-order valence-corrected chi connectivity index (χ2v) is 7.57. The molecule has 0 bridgehead atoms. The van der Waals surface area contributed by atoms with E-state index in [0.29, 0.717) is 5.16 Å². The lowest BCUT2D eigenvalue weighted by atomic mass is 10.0. The minimum Gasteiger partial charge on any atom is -0.325 e. The van der Waals surface area contributed by atoms with Gasteiger partial charge in [-0.25, -0.2) is 4.68 Å². The number of nitrogens with zero attached hydrogens (tertiary/aromatic N) is 3. The summed E-state index contributed by atoms with van der Waals surface area (Å²) in [6.07, 6.45) is 0.974. The number of aryl methyl sites for hydroxylation is 2. The zero-order valence-electron chi connectivity index (χ0n) is 15.2. The molecule has 2 N–H and O–H groups in total. The van der Waals surface area contributed by atoms with Crippen LogP contribution in [0.3, 0.4) is 0 Å². The summed E-state index contributed by atoms with van der Waals surface area (Å²) in [6.45, 7) is 4.00. The summed E-state index contributed by atoms with van der Waals surface area (Å²) in [4.78, 5) is 13.1. The summed E-state index contributed by atoms with van der Waals surface area (Å²) in [7, 11) is 0. The number of amides is 1. The third kappa shape index (κ3) is 3.55. The van der Waals surface area contributed by atoms with Gasteiger partial charge in [0.05, 0.1) is 6.04 Å². The minimum atomic E-state index is -0.366. The molecule has 2 aromatic carbocycles. The maximum absolute atomic E-state index is 13.1. The number of carbonyl (C=O) groups is 1. The molecule has 27 heavy (non-hydrogen) atoms. The molecule has 2 heterocycles. The van der Waals surface area contributed by atoms with E-state index in [9.17, 15) is 4.79 Å². The number of fused-ring (bicyclic) bond motifs is 1. The molecule has 0 saturated carbocycles. The van der Waals surface area contributed by atoms with Gasteiger partial charge in [-0.2, -0.15) is 0 Å². The zero-order chi connectivity index (χ0) is 18.8. The molecule has 138 valence electrons. The standard InChI is InChI=1S/C20H21N5OS/c1-3-14-9-11-16(12-10-14)21-19(26)18-17(15-7-5-4-6-8-15)24-25-13(2)22-23-20(25)27-18/h4-12,17-18,24H,3H2,1-2H3,(H,21,26)/t17-,18+/m0/s1. The SMILES string of the molecule is CCc1ccc(NC(=O)[C@@H]2Sc3nnc(C)n3N[C@H]2c2ccccc2)cc1. The van der Waals surface area contributed by atoms with Gasteiger partial charge in [-0.05, 0) is 36.6 Å². The summed E-state index contributed by atoms with van der Waals surface area (Å²) >= 11 is 1.43. The van der Waals surface area contributed by atoms with E-state index in [1.807, 2.05) is 66.2 Å². The lowest BCUT2D eigenvalue weighted by Gasteiger charge is -2.32. The van der Waals surface area contributed by atoms with Crippen LogP contribution >= 0.6 is 11.8 Å². The molecule has 6 nitrogen and oxygen atoms in total. The second kappa shape index (κ2) is 7.44. The van der Waals surface area contributed by atoms with Crippen molar-refractivity contribution < 1.29 is 4.79 Å². The van der Waals surface area contributed by atoms with Crippen LogP contribution in [-0.4, -0.2) is 26.0 Å². The Bertz CT molecular complexity index is 939. The Morgan fingerprint density at radius 2 is 1.89 bits per heavy atom. The second-order valence-electron chi connectivity index (χ2n) is 6.46. The Kier molecular flexibility index (Phi) is 4.85. The van der Waals surface area contributed by atoms with E-state index in [1.54, 1.807) is 0 Å². The first-order valence-corrected chi connectivity index (χ1v) is 9.83. The molecular formula is C20H21N5OS. The molecule has 0 aliphatic carbocycles. The Morgan fingerprint density at radius 1 is 1.15 bits per heavy atom. The first-order valence-electron chi connectivity index (χ1n) is 8.95. The Hall–Kier alpha value is -2.80. The third-order valence-corrected chi connectivity index (χ3v) is 5.86. The molecule has 0 saturated heterocycles. The van der Waals surface area contributed by atoms with Crippen LogP contribution in [0.4, 0.5) is 5.69 Å². The van der Waals surface area contributed by atoms with Crippen molar-refractivity contribution in [3.63, 3.8) is 0 Å². The van der Waals surface area contributed by atoms with Crippen LogP contribution < -0.4 is 10.7 Å². The predicted octanol–water partition coefficient (Wildman–Crippen LogP) is 3.55. The molecule has 1 aromatic heterocycles. The molecule has 7 heteroatoms. The molecule has 4 rings (SSSR count). The summed E-state index contributed by atoms with van der Waals surface area (Å²) in [5.41, 5.74) is 6.49. The number of benzene rings is 2. The van der Waals surface area contributed by atoms with Crippen molar-refractivity contribution in [3.8, 4) is 0 Å².